The molecule has 2 unspecified atom stereocenters. The summed E-state index contributed by atoms with van der Waals surface area (Å²) in [4.78, 5) is 24.6. The Hall–Kier alpha value is -1.92. The Morgan fingerprint density at radius 3 is 1.01 bits per heavy atom. The van der Waals surface area contributed by atoms with Gasteiger partial charge in [0.15, 0.2) is 0 Å². The molecule has 0 aromatic rings. The second-order valence-electron chi connectivity index (χ2n) is 24.2. The van der Waals surface area contributed by atoms with E-state index in [4.69, 9.17) is 4.74 Å². The molecule has 0 fully saturated rings. The van der Waals surface area contributed by atoms with Gasteiger partial charge < -0.3 is 20.3 Å². The lowest BCUT2D eigenvalue weighted by atomic mass is 10.0. The topological polar surface area (TPSA) is 95.9 Å². The fraction of sp³-hybridized carbons (Fsp3) is 0.889. The van der Waals surface area contributed by atoms with Crippen molar-refractivity contribution in [2.24, 2.45) is 0 Å². The number of hydrogen-bond acceptors (Lipinski definition) is 5. The molecule has 0 saturated carbocycles. The van der Waals surface area contributed by atoms with Gasteiger partial charge in [-0.1, -0.05) is 326 Å². The molecular weight excluding hydrogens is 959 g/mol. The maximum Gasteiger partial charge on any atom is 0.305 e. The summed E-state index contributed by atoms with van der Waals surface area (Å²) in [6.07, 6.45) is 86.2. The monoisotopic (exact) mass is 1100 g/mol. The molecule has 460 valence electrons. The van der Waals surface area contributed by atoms with Crippen molar-refractivity contribution in [3.63, 3.8) is 0 Å². The molecule has 0 rings (SSSR count). The molecule has 0 spiro atoms. The van der Waals surface area contributed by atoms with E-state index in [2.05, 4.69) is 55.6 Å². The molecular formula is C72H137NO5. The first kappa shape index (κ1) is 76.1. The maximum absolute atomic E-state index is 12.5. The molecule has 0 heterocycles. The van der Waals surface area contributed by atoms with Crippen molar-refractivity contribution < 1.29 is 24.5 Å². The number of hydrogen-bond donors (Lipinski definition) is 3. The number of nitrogens with one attached hydrogen (secondary N) is 1. The van der Waals surface area contributed by atoms with Crippen LogP contribution >= 0.6 is 0 Å². The Morgan fingerprint density at radius 2 is 0.641 bits per heavy atom. The number of unbranched alkanes of at least 4 members (excludes halogenated alkanes) is 49. The first-order chi connectivity index (χ1) is 38.5. The van der Waals surface area contributed by atoms with Gasteiger partial charge in [-0.25, -0.2) is 0 Å². The zero-order valence-corrected chi connectivity index (χ0v) is 52.7. The summed E-state index contributed by atoms with van der Waals surface area (Å²) in [7, 11) is 0. The van der Waals surface area contributed by atoms with E-state index < -0.39 is 12.1 Å². The second kappa shape index (κ2) is 67.6. The summed E-state index contributed by atoms with van der Waals surface area (Å²) in [5.74, 6) is -0.0237. The van der Waals surface area contributed by atoms with Gasteiger partial charge in [0, 0.05) is 12.8 Å². The Labute approximate surface area is 487 Å². The van der Waals surface area contributed by atoms with Gasteiger partial charge in [-0.15, -0.1) is 0 Å². The normalized spacial score (nSPS) is 12.7. The zero-order chi connectivity index (χ0) is 56.4. The summed E-state index contributed by atoms with van der Waals surface area (Å²) < 4.78 is 5.50. The second-order valence-corrected chi connectivity index (χ2v) is 24.2. The third kappa shape index (κ3) is 63.3. The standard InChI is InChI=1S/C72H137NO5/c1-3-5-7-9-11-13-15-17-19-33-38-42-46-50-54-58-62-66-72(77)78-67-63-59-55-51-47-43-39-35-32-30-28-26-24-22-21-23-25-27-29-31-34-37-41-45-49-53-57-61-65-71(76)73-69(68-74)70(75)64-60-56-52-48-44-40-36-20-18-16-14-12-10-8-6-4-2/h11,13,17,19,21-22,69-70,74-75H,3-10,12,14-16,18,20,23-68H2,1-2H3,(H,73,76)/b13-11-,19-17-,22-21-. The molecule has 1 amide bonds. The van der Waals surface area contributed by atoms with Crippen LogP contribution in [0.2, 0.25) is 0 Å². The fourth-order valence-corrected chi connectivity index (χ4v) is 11.0. The lowest BCUT2D eigenvalue weighted by molar-refractivity contribution is -0.143. The Bertz CT molecular complexity index is 1260. The van der Waals surface area contributed by atoms with Crippen LogP contribution in [0.4, 0.5) is 0 Å². The molecule has 0 aliphatic heterocycles. The quantitative estimate of drug-likeness (QED) is 0.0320. The molecule has 6 nitrogen and oxygen atoms in total. The zero-order valence-electron chi connectivity index (χ0n) is 52.7. The SMILES string of the molecule is CCCCC/C=C\C/C=C\CCCCCCCCCC(=O)OCCCCCCCCCCCCCC/C=C\CCCCCCCCCCCCCCC(=O)NC(CO)C(O)CCCCCCCCCCCCCCCCCC. The number of ether oxygens (including phenoxy) is 1. The minimum Gasteiger partial charge on any atom is -0.466 e. The number of amides is 1. The van der Waals surface area contributed by atoms with Crippen molar-refractivity contribution in [2.45, 2.75) is 398 Å². The van der Waals surface area contributed by atoms with E-state index in [0.717, 1.165) is 51.4 Å². The van der Waals surface area contributed by atoms with Crippen LogP contribution in [0, 0.1) is 0 Å². The summed E-state index contributed by atoms with van der Waals surface area (Å²) in [6, 6.07) is -0.542. The van der Waals surface area contributed by atoms with Gasteiger partial charge in [0.05, 0.1) is 25.4 Å². The third-order valence-corrected chi connectivity index (χ3v) is 16.4. The third-order valence-electron chi connectivity index (χ3n) is 16.4. The van der Waals surface area contributed by atoms with Crippen molar-refractivity contribution in [1.29, 1.82) is 0 Å². The van der Waals surface area contributed by atoms with E-state index in [1.807, 2.05) is 0 Å². The molecule has 6 heteroatoms. The van der Waals surface area contributed by atoms with Gasteiger partial charge in [0.2, 0.25) is 5.91 Å². The smallest absolute Gasteiger partial charge is 0.305 e. The number of esters is 1. The first-order valence-corrected chi connectivity index (χ1v) is 35.2. The summed E-state index contributed by atoms with van der Waals surface area (Å²) >= 11 is 0. The molecule has 78 heavy (non-hydrogen) atoms. The van der Waals surface area contributed by atoms with Crippen molar-refractivity contribution >= 4 is 11.9 Å². The average Bonchev–Trinajstić information content (AvgIpc) is 3.44. The van der Waals surface area contributed by atoms with Crippen LogP contribution in [0.25, 0.3) is 0 Å². The van der Waals surface area contributed by atoms with Crippen LogP contribution in [-0.4, -0.2) is 47.4 Å². The van der Waals surface area contributed by atoms with E-state index >= 15 is 0 Å². The van der Waals surface area contributed by atoms with Crippen molar-refractivity contribution in [1.82, 2.24) is 5.32 Å². The number of allylic oxidation sites excluding steroid dienone is 6. The highest BCUT2D eigenvalue weighted by molar-refractivity contribution is 5.76. The van der Waals surface area contributed by atoms with E-state index in [0.29, 0.717) is 25.9 Å². The van der Waals surface area contributed by atoms with Crippen LogP contribution in [0.5, 0.6) is 0 Å². The number of aliphatic hydroxyl groups is 2. The van der Waals surface area contributed by atoms with Gasteiger partial charge in [-0.2, -0.15) is 0 Å². The largest absolute Gasteiger partial charge is 0.466 e. The molecule has 0 aliphatic carbocycles. The van der Waals surface area contributed by atoms with Crippen LogP contribution in [0.15, 0.2) is 36.5 Å². The van der Waals surface area contributed by atoms with Crippen molar-refractivity contribution in [2.75, 3.05) is 13.2 Å². The van der Waals surface area contributed by atoms with Gasteiger partial charge in [-0.3, -0.25) is 9.59 Å². The van der Waals surface area contributed by atoms with E-state index in [-0.39, 0.29) is 18.5 Å². The fourth-order valence-electron chi connectivity index (χ4n) is 11.0. The molecule has 0 bridgehead atoms. The molecule has 0 aromatic carbocycles. The van der Waals surface area contributed by atoms with Gasteiger partial charge in [0.1, 0.15) is 0 Å². The van der Waals surface area contributed by atoms with Gasteiger partial charge in [-0.05, 0) is 83.5 Å². The first-order valence-electron chi connectivity index (χ1n) is 35.2. The maximum atomic E-state index is 12.5. The van der Waals surface area contributed by atoms with Crippen molar-refractivity contribution in [3.05, 3.63) is 36.5 Å². The van der Waals surface area contributed by atoms with Crippen LogP contribution < -0.4 is 5.32 Å². The number of carbonyl (C=O) groups is 2. The summed E-state index contributed by atoms with van der Waals surface area (Å²) in [6.45, 7) is 4.95. The van der Waals surface area contributed by atoms with E-state index in [1.54, 1.807) is 0 Å². The van der Waals surface area contributed by atoms with Gasteiger partial charge >= 0.3 is 5.97 Å². The number of aliphatic hydroxyl groups excluding tert-OH is 2. The van der Waals surface area contributed by atoms with Crippen LogP contribution in [-0.2, 0) is 14.3 Å². The highest BCUT2D eigenvalue weighted by atomic mass is 16.5. The predicted molar refractivity (Wildman–Crippen MR) is 343 cm³/mol. The lowest BCUT2D eigenvalue weighted by Crippen LogP contribution is -2.45. The molecule has 0 saturated heterocycles. The molecule has 2 atom stereocenters. The van der Waals surface area contributed by atoms with Gasteiger partial charge in [0.25, 0.3) is 0 Å². The number of carbonyl (C=O) groups excluding carboxylic acids is 2. The van der Waals surface area contributed by atoms with Crippen molar-refractivity contribution in [3.8, 4) is 0 Å². The summed E-state index contributed by atoms with van der Waals surface area (Å²) in [5.41, 5.74) is 0. The highest BCUT2D eigenvalue weighted by Crippen LogP contribution is 2.18. The van der Waals surface area contributed by atoms with Crippen LogP contribution in [0.3, 0.4) is 0 Å². The molecule has 3 N–H and O–H groups in total. The predicted octanol–water partition coefficient (Wildman–Crippen LogP) is 22.7. The molecule has 0 aromatic heterocycles. The minimum atomic E-state index is -0.664. The minimum absolute atomic E-state index is 0.00848. The Kier molecular flexibility index (Phi) is 65.9. The van der Waals surface area contributed by atoms with E-state index in [9.17, 15) is 19.8 Å². The lowest BCUT2D eigenvalue weighted by Gasteiger charge is -2.22. The molecule has 0 aliphatic rings. The van der Waals surface area contributed by atoms with Crippen LogP contribution in [0.1, 0.15) is 386 Å². The molecule has 0 radical (unpaired) electrons. The average molecular weight is 1100 g/mol. The Morgan fingerprint density at radius 1 is 0.359 bits per heavy atom. The Balaban J connectivity index is 3.37. The number of rotatable bonds is 66. The van der Waals surface area contributed by atoms with E-state index in [1.165, 1.54) is 302 Å². The highest BCUT2D eigenvalue weighted by Gasteiger charge is 2.20. The summed E-state index contributed by atoms with van der Waals surface area (Å²) in [5, 5.41) is 23.3.